The van der Waals surface area contributed by atoms with Crippen molar-refractivity contribution in [3.63, 3.8) is 0 Å². The molecular formula is C16H15ClN2S. The quantitative estimate of drug-likeness (QED) is 0.678. The molecule has 0 aliphatic rings. The van der Waals surface area contributed by atoms with E-state index in [1.165, 1.54) is 11.1 Å². The molecule has 20 heavy (non-hydrogen) atoms. The van der Waals surface area contributed by atoms with Crippen molar-refractivity contribution in [2.45, 2.75) is 19.9 Å². The number of nitrogens with zero attached hydrogens (tertiary/aromatic N) is 1. The van der Waals surface area contributed by atoms with E-state index < -0.39 is 0 Å². The van der Waals surface area contributed by atoms with Gasteiger partial charge in [-0.2, -0.15) is 0 Å². The molecule has 0 fully saturated rings. The van der Waals surface area contributed by atoms with Gasteiger partial charge in [-0.3, -0.25) is 0 Å². The summed E-state index contributed by atoms with van der Waals surface area (Å²) in [4.78, 5) is 3.22. The number of hydrogen-bond acceptors (Lipinski definition) is 1. The van der Waals surface area contributed by atoms with Crippen molar-refractivity contribution in [3.05, 3.63) is 63.4 Å². The summed E-state index contributed by atoms with van der Waals surface area (Å²) in [5.41, 5.74) is 4.74. The zero-order valence-electron chi connectivity index (χ0n) is 11.2. The maximum atomic E-state index is 6.02. The van der Waals surface area contributed by atoms with Crippen LogP contribution in [0.4, 0.5) is 0 Å². The lowest BCUT2D eigenvalue weighted by Crippen LogP contribution is -2.02. The Bertz CT molecular complexity index is 817. The van der Waals surface area contributed by atoms with Crippen molar-refractivity contribution in [1.29, 1.82) is 0 Å². The van der Waals surface area contributed by atoms with Gasteiger partial charge in [0.1, 0.15) is 0 Å². The molecule has 1 aromatic heterocycles. The third-order valence-electron chi connectivity index (χ3n) is 3.56. The predicted octanol–water partition coefficient (Wildman–Crippen LogP) is 4.96. The van der Waals surface area contributed by atoms with Gasteiger partial charge < -0.3 is 9.55 Å². The average molecular weight is 303 g/mol. The van der Waals surface area contributed by atoms with Gasteiger partial charge in [0, 0.05) is 5.02 Å². The van der Waals surface area contributed by atoms with E-state index in [1.54, 1.807) is 0 Å². The van der Waals surface area contributed by atoms with E-state index in [0.29, 0.717) is 0 Å². The van der Waals surface area contributed by atoms with Gasteiger partial charge in [0.2, 0.25) is 0 Å². The molecule has 1 heterocycles. The molecule has 2 nitrogen and oxygen atoms in total. The van der Waals surface area contributed by atoms with E-state index in [0.717, 1.165) is 33.8 Å². The average Bonchev–Trinajstić information content (AvgIpc) is 2.75. The van der Waals surface area contributed by atoms with Crippen molar-refractivity contribution in [2.75, 3.05) is 0 Å². The Morgan fingerprint density at radius 1 is 1.15 bits per heavy atom. The van der Waals surface area contributed by atoms with Crippen LogP contribution in [-0.2, 0) is 13.0 Å². The molecule has 4 heteroatoms. The van der Waals surface area contributed by atoms with Gasteiger partial charge in [0.05, 0.1) is 17.6 Å². The van der Waals surface area contributed by atoms with E-state index in [1.807, 2.05) is 18.2 Å². The highest BCUT2D eigenvalue weighted by Gasteiger charge is 2.07. The molecule has 0 unspecified atom stereocenters. The molecule has 0 saturated carbocycles. The van der Waals surface area contributed by atoms with E-state index in [4.69, 9.17) is 23.8 Å². The van der Waals surface area contributed by atoms with Gasteiger partial charge in [-0.15, -0.1) is 0 Å². The minimum atomic E-state index is 0.717. The fourth-order valence-electron chi connectivity index (χ4n) is 2.52. The van der Waals surface area contributed by atoms with Gasteiger partial charge in [-0.25, -0.2) is 0 Å². The normalized spacial score (nSPS) is 11.1. The highest BCUT2D eigenvalue weighted by molar-refractivity contribution is 7.71. The van der Waals surface area contributed by atoms with Gasteiger partial charge in [-0.1, -0.05) is 42.8 Å². The number of aryl methyl sites for hydroxylation is 1. The largest absolute Gasteiger partial charge is 0.331 e. The number of hydrogen-bond donors (Lipinski definition) is 1. The molecule has 0 aliphatic heterocycles. The molecule has 3 aromatic rings. The van der Waals surface area contributed by atoms with E-state index >= 15 is 0 Å². The topological polar surface area (TPSA) is 20.7 Å². The number of H-pyrrole nitrogens is 1. The van der Waals surface area contributed by atoms with Crippen LogP contribution in [0.3, 0.4) is 0 Å². The maximum Gasteiger partial charge on any atom is 0.178 e. The molecule has 2 aromatic carbocycles. The highest BCUT2D eigenvalue weighted by atomic mass is 35.5. The Hall–Kier alpha value is -1.58. The SMILES string of the molecule is CCc1ccccc1Cn1c(=S)[nH]c2cc(Cl)ccc21. The summed E-state index contributed by atoms with van der Waals surface area (Å²) in [7, 11) is 0. The van der Waals surface area contributed by atoms with Crippen LogP contribution in [-0.4, -0.2) is 9.55 Å². The van der Waals surface area contributed by atoms with Crippen molar-refractivity contribution >= 4 is 34.9 Å². The number of aromatic nitrogens is 2. The van der Waals surface area contributed by atoms with Crippen LogP contribution in [0.2, 0.25) is 5.02 Å². The van der Waals surface area contributed by atoms with Crippen LogP contribution in [0.15, 0.2) is 42.5 Å². The molecule has 102 valence electrons. The standard InChI is InChI=1S/C16H15ClN2S/c1-2-11-5-3-4-6-12(11)10-19-15-8-7-13(17)9-14(15)18-16(19)20/h3-9H,2,10H2,1H3,(H,18,20). The summed E-state index contributed by atoms with van der Waals surface area (Å²) in [6.45, 7) is 2.96. The Labute approximate surface area is 128 Å². The number of benzene rings is 2. The molecule has 1 N–H and O–H groups in total. The van der Waals surface area contributed by atoms with Crippen LogP contribution in [0.1, 0.15) is 18.1 Å². The molecule has 0 bridgehead atoms. The zero-order chi connectivity index (χ0) is 14.1. The zero-order valence-corrected chi connectivity index (χ0v) is 12.8. The minimum Gasteiger partial charge on any atom is -0.331 e. The van der Waals surface area contributed by atoms with Gasteiger partial charge in [0.15, 0.2) is 4.77 Å². The number of halogens is 1. The highest BCUT2D eigenvalue weighted by Crippen LogP contribution is 2.21. The number of rotatable bonds is 3. The van der Waals surface area contributed by atoms with Crippen molar-refractivity contribution in [1.82, 2.24) is 9.55 Å². The lowest BCUT2D eigenvalue weighted by molar-refractivity contribution is 0.799. The van der Waals surface area contributed by atoms with E-state index in [2.05, 4.69) is 40.7 Å². The molecule has 0 radical (unpaired) electrons. The number of aromatic amines is 1. The number of imidazole rings is 1. The lowest BCUT2D eigenvalue weighted by Gasteiger charge is -2.09. The third-order valence-corrected chi connectivity index (χ3v) is 4.12. The first-order chi connectivity index (χ1) is 9.69. The maximum absolute atomic E-state index is 6.02. The third kappa shape index (κ3) is 2.39. The molecule has 3 rings (SSSR count). The van der Waals surface area contributed by atoms with Gasteiger partial charge in [-0.05, 0) is 48.0 Å². The van der Waals surface area contributed by atoms with Crippen LogP contribution >= 0.6 is 23.8 Å². The molecule has 0 spiro atoms. The van der Waals surface area contributed by atoms with Crippen LogP contribution in [0.5, 0.6) is 0 Å². The summed E-state index contributed by atoms with van der Waals surface area (Å²) >= 11 is 11.5. The van der Waals surface area contributed by atoms with Crippen molar-refractivity contribution in [2.24, 2.45) is 0 Å². The van der Waals surface area contributed by atoms with Crippen molar-refractivity contribution < 1.29 is 0 Å². The molecule has 0 saturated heterocycles. The number of nitrogens with one attached hydrogen (secondary N) is 1. The minimum absolute atomic E-state index is 0.717. The molecule has 0 amide bonds. The monoisotopic (exact) mass is 302 g/mol. The first-order valence-electron chi connectivity index (χ1n) is 6.64. The van der Waals surface area contributed by atoms with Crippen LogP contribution in [0.25, 0.3) is 11.0 Å². The second-order valence-electron chi connectivity index (χ2n) is 4.80. The first kappa shape index (κ1) is 13.4. The summed E-state index contributed by atoms with van der Waals surface area (Å²) < 4.78 is 2.85. The van der Waals surface area contributed by atoms with E-state index in [9.17, 15) is 0 Å². The fourth-order valence-corrected chi connectivity index (χ4v) is 2.96. The Morgan fingerprint density at radius 3 is 2.65 bits per heavy atom. The second-order valence-corrected chi connectivity index (χ2v) is 5.62. The number of fused-ring (bicyclic) bond motifs is 1. The molecule has 0 aliphatic carbocycles. The lowest BCUT2D eigenvalue weighted by atomic mass is 10.1. The van der Waals surface area contributed by atoms with Crippen LogP contribution < -0.4 is 0 Å². The fraction of sp³-hybridized carbons (Fsp3) is 0.188. The summed E-state index contributed by atoms with van der Waals surface area (Å²) in [6.07, 6.45) is 1.03. The smallest absolute Gasteiger partial charge is 0.178 e. The summed E-state index contributed by atoms with van der Waals surface area (Å²) in [5.74, 6) is 0. The first-order valence-corrected chi connectivity index (χ1v) is 7.42. The molecule has 0 atom stereocenters. The second kappa shape index (κ2) is 5.43. The molecular weight excluding hydrogens is 288 g/mol. The van der Waals surface area contributed by atoms with Gasteiger partial charge >= 0.3 is 0 Å². The Kier molecular flexibility index (Phi) is 3.64. The van der Waals surface area contributed by atoms with E-state index in [-0.39, 0.29) is 0 Å². The Balaban J connectivity index is 2.11. The van der Waals surface area contributed by atoms with Crippen LogP contribution in [0, 0.1) is 4.77 Å². The van der Waals surface area contributed by atoms with Crippen molar-refractivity contribution in [3.8, 4) is 0 Å². The Morgan fingerprint density at radius 2 is 1.90 bits per heavy atom. The van der Waals surface area contributed by atoms with Gasteiger partial charge in [0.25, 0.3) is 0 Å². The summed E-state index contributed by atoms with van der Waals surface area (Å²) in [5, 5.41) is 0.717. The summed E-state index contributed by atoms with van der Waals surface area (Å²) in [6, 6.07) is 14.3. The predicted molar refractivity (Wildman–Crippen MR) is 87.1 cm³/mol.